The maximum absolute atomic E-state index is 12.7. The van der Waals surface area contributed by atoms with Crippen molar-refractivity contribution in [3.05, 3.63) is 0 Å². The molecule has 0 spiro atoms. The van der Waals surface area contributed by atoms with E-state index in [0.717, 1.165) is 49.7 Å². The fourth-order valence-electron chi connectivity index (χ4n) is 3.37. The molecule has 1 heterocycles. The largest absolute Gasteiger partial charge is 0.481 e. The van der Waals surface area contributed by atoms with Gasteiger partial charge in [0.2, 0.25) is 5.91 Å². The molecule has 1 aliphatic heterocycles. The van der Waals surface area contributed by atoms with Gasteiger partial charge in [-0.1, -0.05) is 13.3 Å². The fraction of sp³-hybridized carbons (Fsp3) is 0.867. The van der Waals surface area contributed by atoms with Crippen LogP contribution in [0.15, 0.2) is 0 Å². The van der Waals surface area contributed by atoms with Crippen molar-refractivity contribution in [2.45, 2.75) is 51.5 Å². The average Bonchev–Trinajstić information content (AvgIpc) is 2.46. The molecule has 1 aliphatic carbocycles. The molecule has 0 aromatic rings. The van der Waals surface area contributed by atoms with Gasteiger partial charge in [-0.25, -0.2) is 0 Å². The van der Waals surface area contributed by atoms with E-state index in [1.165, 1.54) is 6.42 Å². The number of carboxylic acid groups (broad SMARTS) is 1. The third-order valence-electron chi connectivity index (χ3n) is 4.69. The van der Waals surface area contributed by atoms with E-state index >= 15 is 0 Å². The number of rotatable bonds is 4. The maximum Gasteiger partial charge on any atom is 0.305 e. The van der Waals surface area contributed by atoms with Crippen LogP contribution in [0.3, 0.4) is 0 Å². The summed E-state index contributed by atoms with van der Waals surface area (Å²) in [5.41, 5.74) is 0. The minimum absolute atomic E-state index is 0.0864. The topological polar surface area (TPSA) is 57.6 Å². The monoisotopic (exact) mass is 299 g/mol. The van der Waals surface area contributed by atoms with Crippen LogP contribution in [0.2, 0.25) is 0 Å². The molecule has 0 aromatic carbocycles. The second-order valence-electron chi connectivity index (χ2n) is 5.98. The van der Waals surface area contributed by atoms with Gasteiger partial charge in [0.05, 0.1) is 12.5 Å². The molecule has 1 unspecified atom stereocenters. The Bertz CT molecular complexity index is 353. The van der Waals surface area contributed by atoms with Crippen LogP contribution in [0.25, 0.3) is 0 Å². The van der Waals surface area contributed by atoms with Crippen LogP contribution in [-0.4, -0.2) is 46.0 Å². The predicted octanol–water partition coefficient (Wildman–Crippen LogP) is 2.62. The summed E-state index contributed by atoms with van der Waals surface area (Å²) in [6, 6.07) is -0.109. The highest BCUT2D eigenvalue weighted by Gasteiger charge is 2.34. The van der Waals surface area contributed by atoms with Gasteiger partial charge in [-0.15, -0.1) is 0 Å². The minimum atomic E-state index is -0.801. The number of amides is 1. The van der Waals surface area contributed by atoms with E-state index in [-0.39, 0.29) is 24.3 Å². The molecule has 0 bridgehead atoms. The van der Waals surface area contributed by atoms with Gasteiger partial charge in [-0.3, -0.25) is 9.59 Å². The Hall–Kier alpha value is -0.710. The van der Waals surface area contributed by atoms with Crippen molar-refractivity contribution in [2.24, 2.45) is 11.8 Å². The van der Waals surface area contributed by atoms with Crippen molar-refractivity contribution in [2.75, 3.05) is 18.1 Å². The van der Waals surface area contributed by atoms with Gasteiger partial charge in [0.15, 0.2) is 0 Å². The Morgan fingerprint density at radius 3 is 2.55 bits per heavy atom. The van der Waals surface area contributed by atoms with Crippen molar-refractivity contribution in [3.63, 3.8) is 0 Å². The van der Waals surface area contributed by atoms with Crippen molar-refractivity contribution in [1.82, 2.24) is 4.90 Å². The molecule has 5 heteroatoms. The summed E-state index contributed by atoms with van der Waals surface area (Å²) in [6.45, 7) is 2.94. The van der Waals surface area contributed by atoms with E-state index in [1.807, 2.05) is 4.90 Å². The highest BCUT2D eigenvalue weighted by atomic mass is 32.2. The standard InChI is InChI=1S/C15H25NO3S/c1-2-11-3-5-12(6-4-11)15(19)16-7-8-20-10-13(16)9-14(17)18/h11-13H,2-10H2,1H3,(H,17,18). The first kappa shape index (κ1) is 15.7. The third kappa shape index (κ3) is 3.90. The van der Waals surface area contributed by atoms with Crippen LogP contribution in [0.1, 0.15) is 45.4 Å². The lowest BCUT2D eigenvalue weighted by molar-refractivity contribution is -0.142. The fourth-order valence-corrected chi connectivity index (χ4v) is 4.43. The van der Waals surface area contributed by atoms with Gasteiger partial charge >= 0.3 is 5.97 Å². The number of nitrogens with zero attached hydrogens (tertiary/aromatic N) is 1. The summed E-state index contributed by atoms with van der Waals surface area (Å²) in [7, 11) is 0. The van der Waals surface area contributed by atoms with Crippen LogP contribution in [0.4, 0.5) is 0 Å². The highest BCUT2D eigenvalue weighted by molar-refractivity contribution is 7.99. The molecular weight excluding hydrogens is 274 g/mol. The summed E-state index contributed by atoms with van der Waals surface area (Å²) in [4.78, 5) is 25.5. The molecule has 2 rings (SSSR count). The third-order valence-corrected chi connectivity index (χ3v) is 5.79. The predicted molar refractivity (Wildman–Crippen MR) is 80.8 cm³/mol. The first-order valence-electron chi connectivity index (χ1n) is 7.71. The first-order valence-corrected chi connectivity index (χ1v) is 8.87. The number of carbonyl (C=O) groups is 2. The molecule has 2 aliphatic rings. The lowest BCUT2D eigenvalue weighted by Crippen LogP contribution is -2.49. The van der Waals surface area contributed by atoms with Crippen molar-refractivity contribution in [3.8, 4) is 0 Å². The molecule has 114 valence electrons. The second-order valence-corrected chi connectivity index (χ2v) is 7.13. The van der Waals surface area contributed by atoms with Crippen molar-refractivity contribution >= 4 is 23.6 Å². The SMILES string of the molecule is CCC1CCC(C(=O)N2CCSCC2CC(=O)O)CC1. The van der Waals surface area contributed by atoms with E-state index in [9.17, 15) is 9.59 Å². The molecule has 0 aromatic heterocycles. The molecule has 1 atom stereocenters. The first-order chi connectivity index (χ1) is 9.61. The smallest absolute Gasteiger partial charge is 0.305 e. The van der Waals surface area contributed by atoms with Gasteiger partial charge < -0.3 is 10.0 Å². The Morgan fingerprint density at radius 2 is 1.95 bits per heavy atom. The van der Waals surface area contributed by atoms with E-state index in [0.29, 0.717) is 0 Å². The summed E-state index contributed by atoms with van der Waals surface area (Å²) >= 11 is 1.76. The maximum atomic E-state index is 12.7. The van der Waals surface area contributed by atoms with Gasteiger partial charge in [0.25, 0.3) is 0 Å². The molecule has 1 saturated carbocycles. The van der Waals surface area contributed by atoms with Crippen LogP contribution in [-0.2, 0) is 9.59 Å². The van der Waals surface area contributed by atoms with E-state index in [2.05, 4.69) is 6.92 Å². The summed E-state index contributed by atoms with van der Waals surface area (Å²) in [5.74, 6) is 2.04. The summed E-state index contributed by atoms with van der Waals surface area (Å²) in [5, 5.41) is 9.00. The molecular formula is C15H25NO3S. The highest BCUT2D eigenvalue weighted by Crippen LogP contribution is 2.33. The van der Waals surface area contributed by atoms with Crippen LogP contribution >= 0.6 is 11.8 Å². The van der Waals surface area contributed by atoms with Crippen molar-refractivity contribution < 1.29 is 14.7 Å². The average molecular weight is 299 g/mol. The normalized spacial score (nSPS) is 31.1. The number of thioether (sulfide) groups is 1. The molecule has 0 radical (unpaired) electrons. The lowest BCUT2D eigenvalue weighted by Gasteiger charge is -2.38. The number of aliphatic carboxylic acids is 1. The number of carboxylic acids is 1. The van der Waals surface area contributed by atoms with Crippen LogP contribution in [0, 0.1) is 11.8 Å². The Morgan fingerprint density at radius 1 is 1.25 bits per heavy atom. The van der Waals surface area contributed by atoms with E-state index < -0.39 is 5.97 Å². The number of carbonyl (C=O) groups excluding carboxylic acids is 1. The molecule has 4 nitrogen and oxygen atoms in total. The molecule has 20 heavy (non-hydrogen) atoms. The quantitative estimate of drug-likeness (QED) is 0.867. The van der Waals surface area contributed by atoms with Crippen LogP contribution in [0.5, 0.6) is 0 Å². The zero-order valence-electron chi connectivity index (χ0n) is 12.2. The lowest BCUT2D eigenvalue weighted by atomic mass is 9.80. The van der Waals surface area contributed by atoms with E-state index in [1.54, 1.807) is 11.8 Å². The van der Waals surface area contributed by atoms with Gasteiger partial charge in [0.1, 0.15) is 0 Å². The van der Waals surface area contributed by atoms with E-state index in [4.69, 9.17) is 5.11 Å². The summed E-state index contributed by atoms with van der Waals surface area (Å²) in [6.07, 6.45) is 5.58. The molecule has 1 amide bonds. The zero-order valence-corrected chi connectivity index (χ0v) is 13.0. The Labute approximate surface area is 125 Å². The van der Waals surface area contributed by atoms with Gasteiger partial charge in [-0.2, -0.15) is 11.8 Å². The molecule has 1 saturated heterocycles. The van der Waals surface area contributed by atoms with Gasteiger partial charge in [0, 0.05) is 24.0 Å². The number of hydrogen-bond donors (Lipinski definition) is 1. The Balaban J connectivity index is 1.94. The summed E-state index contributed by atoms with van der Waals surface area (Å²) < 4.78 is 0. The minimum Gasteiger partial charge on any atom is -0.481 e. The van der Waals surface area contributed by atoms with Crippen molar-refractivity contribution in [1.29, 1.82) is 0 Å². The molecule has 2 fully saturated rings. The Kier molecular flexibility index (Phi) is 5.75. The zero-order chi connectivity index (χ0) is 14.5. The second kappa shape index (κ2) is 7.34. The number of hydrogen-bond acceptors (Lipinski definition) is 3. The van der Waals surface area contributed by atoms with Crippen LogP contribution < -0.4 is 0 Å². The molecule has 1 N–H and O–H groups in total. The van der Waals surface area contributed by atoms with Gasteiger partial charge in [-0.05, 0) is 31.6 Å².